The molecule has 1 atom stereocenters. The van der Waals surface area contributed by atoms with Crippen molar-refractivity contribution in [1.82, 2.24) is 0 Å². The largest absolute Gasteiger partial charge is 0.456 e. The van der Waals surface area contributed by atoms with Crippen molar-refractivity contribution >= 4 is 42.3 Å². The van der Waals surface area contributed by atoms with Crippen molar-refractivity contribution in [2.45, 2.75) is 36.6 Å². The smallest absolute Gasteiger partial charge is 0.349 e. The van der Waals surface area contributed by atoms with E-state index in [0.29, 0.717) is 6.26 Å². The third kappa shape index (κ3) is 4.94. The van der Waals surface area contributed by atoms with Crippen LogP contribution in [0.3, 0.4) is 0 Å². The van der Waals surface area contributed by atoms with E-state index in [2.05, 4.69) is 0 Å². The summed E-state index contributed by atoms with van der Waals surface area (Å²) < 4.78 is 61.0. The topological polar surface area (TPSA) is 184 Å². The van der Waals surface area contributed by atoms with Crippen LogP contribution in [0.2, 0.25) is 0 Å². The van der Waals surface area contributed by atoms with Crippen LogP contribution in [0.25, 0.3) is 0 Å². The summed E-state index contributed by atoms with van der Waals surface area (Å²) in [5.74, 6) is -1.20. The first-order valence-electron chi connectivity index (χ1n) is 6.43. The number of carbonyl (C=O) groups is 1. The predicted molar refractivity (Wildman–Crippen MR) is 87.7 cm³/mol. The van der Waals surface area contributed by atoms with Gasteiger partial charge < -0.3 is 10.5 Å². The van der Waals surface area contributed by atoms with Crippen LogP contribution in [0.5, 0.6) is 0 Å². The third-order valence-electron chi connectivity index (χ3n) is 2.64. The number of nitrogens with two attached hydrogens (primary N) is 1. The average molecular weight is 416 g/mol. The number of ether oxygens (including phenoxy) is 1. The summed E-state index contributed by atoms with van der Waals surface area (Å²) in [5, 5.41) is 7.87. The highest BCUT2D eigenvalue weighted by molar-refractivity contribution is 7.91. The molecule has 11 nitrogen and oxygen atoms in total. The van der Waals surface area contributed by atoms with E-state index in [9.17, 15) is 36.3 Å². The highest BCUT2D eigenvalue weighted by atomic mass is 32.2. The molecule has 0 aliphatic carbocycles. The summed E-state index contributed by atoms with van der Waals surface area (Å²) in [4.78, 5) is 20.2. The van der Waals surface area contributed by atoms with Gasteiger partial charge in [-0.2, -0.15) is 8.42 Å². The van der Waals surface area contributed by atoms with Gasteiger partial charge in [-0.25, -0.2) is 13.2 Å². The molecule has 0 saturated heterocycles. The van der Waals surface area contributed by atoms with E-state index in [1.54, 1.807) is 0 Å². The molecule has 0 bridgehead atoms. The Morgan fingerprint density at radius 1 is 1.32 bits per heavy atom. The molecule has 0 amide bonds. The van der Waals surface area contributed by atoms with Crippen LogP contribution in [0, 0.1) is 10.1 Å². The second-order valence-electron chi connectivity index (χ2n) is 5.96. The summed E-state index contributed by atoms with van der Waals surface area (Å²) in [6.45, 7) is 4.44. The lowest BCUT2D eigenvalue weighted by Crippen LogP contribution is -2.27. The summed E-state index contributed by atoms with van der Waals surface area (Å²) in [6.07, 6.45) is 0.647. The zero-order valence-electron chi connectivity index (χ0n) is 13.5. The van der Waals surface area contributed by atoms with Gasteiger partial charge in [-0.1, -0.05) is 11.3 Å². The first kappa shape index (κ1) is 21.4. The van der Waals surface area contributed by atoms with Crippen molar-refractivity contribution in [2.75, 3.05) is 6.26 Å². The van der Waals surface area contributed by atoms with Crippen LogP contribution in [-0.4, -0.2) is 44.1 Å². The molecular weight excluding hydrogens is 400 g/mol. The van der Waals surface area contributed by atoms with Crippen molar-refractivity contribution < 1.29 is 35.8 Å². The third-order valence-corrected chi connectivity index (χ3v) is 5.99. The van der Waals surface area contributed by atoms with E-state index in [-0.39, 0.29) is 11.3 Å². The number of rotatable bonds is 5. The molecule has 0 aliphatic rings. The zero-order chi connectivity index (χ0) is 20.0. The monoisotopic (exact) mass is 416 g/mol. The summed E-state index contributed by atoms with van der Waals surface area (Å²) >= 11 is 0.0571. The Kier molecular flexibility index (Phi) is 5.66. The van der Waals surface area contributed by atoms with Crippen LogP contribution in [0.1, 0.15) is 41.4 Å². The van der Waals surface area contributed by atoms with E-state index < -0.39 is 62.2 Å². The Balaban J connectivity index is 3.90. The Morgan fingerprint density at radius 3 is 2.12 bits per heavy atom. The number of esters is 1. The molecule has 0 aliphatic heterocycles. The minimum Gasteiger partial charge on any atom is -0.456 e. The van der Waals surface area contributed by atoms with Crippen LogP contribution in [0.4, 0.5) is 5.00 Å². The van der Waals surface area contributed by atoms with Gasteiger partial charge in [0, 0.05) is 11.8 Å². The van der Waals surface area contributed by atoms with Gasteiger partial charge in [0.2, 0.25) is 0 Å². The summed E-state index contributed by atoms with van der Waals surface area (Å²) in [6, 6.07) is 0. The number of nitro groups is 1. The Morgan fingerprint density at radius 2 is 1.80 bits per heavy atom. The van der Waals surface area contributed by atoms with E-state index >= 15 is 0 Å². The van der Waals surface area contributed by atoms with Crippen LogP contribution in [0.15, 0.2) is 4.90 Å². The second kappa shape index (κ2) is 6.60. The van der Waals surface area contributed by atoms with Crippen LogP contribution >= 0.6 is 11.3 Å². The molecule has 0 saturated carbocycles. The molecule has 0 fully saturated rings. The molecule has 0 radical (unpaired) electrons. The van der Waals surface area contributed by atoms with Gasteiger partial charge >= 0.3 is 21.1 Å². The van der Waals surface area contributed by atoms with Gasteiger partial charge in [-0.05, 0) is 20.8 Å². The van der Waals surface area contributed by atoms with Crippen LogP contribution < -0.4 is 5.73 Å². The maximum absolute atomic E-state index is 12.3. The van der Waals surface area contributed by atoms with E-state index in [0.717, 1.165) is 0 Å². The first-order valence-corrected chi connectivity index (χ1v) is 10.6. The number of sulfone groups is 1. The molecule has 1 unspecified atom stereocenters. The zero-order valence-corrected chi connectivity index (χ0v) is 16.0. The van der Waals surface area contributed by atoms with Gasteiger partial charge in [0.25, 0.3) is 0 Å². The molecule has 3 N–H and O–H groups in total. The number of thiophene rings is 1. The predicted octanol–water partition coefficient (Wildman–Crippen LogP) is 0.860. The fraction of sp³-hybridized carbons (Fsp3) is 0.545. The molecular formula is C11H16N2O9S3. The van der Waals surface area contributed by atoms with Gasteiger partial charge in [0.1, 0.15) is 15.9 Å². The molecule has 0 aromatic carbocycles. The minimum atomic E-state index is -5.25. The highest BCUT2D eigenvalue weighted by Gasteiger charge is 2.42. The molecule has 0 spiro atoms. The van der Waals surface area contributed by atoms with Gasteiger partial charge in [0.05, 0.1) is 4.92 Å². The quantitative estimate of drug-likeness (QED) is 0.302. The van der Waals surface area contributed by atoms with Crippen molar-refractivity contribution in [2.24, 2.45) is 5.73 Å². The lowest BCUT2D eigenvalue weighted by Gasteiger charge is -2.20. The van der Waals surface area contributed by atoms with Crippen molar-refractivity contribution in [1.29, 1.82) is 0 Å². The normalized spacial score (nSPS) is 14.2. The molecule has 1 aromatic rings. The number of carbonyl (C=O) groups excluding carboxylic acids is 1. The van der Waals surface area contributed by atoms with Crippen molar-refractivity contribution in [3.63, 3.8) is 0 Å². The second-order valence-corrected chi connectivity index (χ2v) is 10.5. The standard InChI is InChI=1S/C11H16N2O9S3/c1-11(2,3)22-10(14)6-5(8(12)24(4,17)18)7(25(19,20)21)9(23-6)13(15)16/h8H,12H2,1-4H3,(H,19,20,21). The lowest BCUT2D eigenvalue weighted by molar-refractivity contribution is -0.383. The maximum Gasteiger partial charge on any atom is 0.349 e. The minimum absolute atomic E-state index is 0.0571. The Hall–Kier alpha value is -1.61. The molecule has 142 valence electrons. The Labute approximate surface area is 147 Å². The summed E-state index contributed by atoms with van der Waals surface area (Å²) in [5.41, 5.74) is 3.55. The summed E-state index contributed by atoms with van der Waals surface area (Å²) in [7, 11) is -9.43. The molecule has 1 rings (SSSR count). The lowest BCUT2D eigenvalue weighted by atomic mass is 10.2. The highest BCUT2D eigenvalue weighted by Crippen LogP contribution is 2.42. The van der Waals surface area contributed by atoms with E-state index in [1.165, 1.54) is 20.8 Å². The number of hydrogen-bond acceptors (Lipinski definition) is 10. The average Bonchev–Trinajstić information content (AvgIpc) is 2.74. The van der Waals surface area contributed by atoms with E-state index in [4.69, 9.17) is 10.5 Å². The van der Waals surface area contributed by atoms with Gasteiger partial charge in [-0.15, -0.1) is 0 Å². The number of nitrogens with zero attached hydrogens (tertiary/aromatic N) is 1. The van der Waals surface area contributed by atoms with E-state index in [1.807, 2.05) is 0 Å². The molecule has 25 heavy (non-hydrogen) atoms. The maximum atomic E-state index is 12.3. The van der Waals surface area contributed by atoms with Crippen molar-refractivity contribution in [3.8, 4) is 0 Å². The van der Waals surface area contributed by atoms with Crippen molar-refractivity contribution in [3.05, 3.63) is 20.6 Å². The van der Waals surface area contributed by atoms with Gasteiger partial charge in [0.15, 0.2) is 14.7 Å². The number of hydrogen-bond donors (Lipinski definition) is 2. The van der Waals surface area contributed by atoms with Gasteiger partial charge in [-0.3, -0.25) is 14.7 Å². The molecule has 1 aromatic heterocycles. The molecule has 1 heterocycles. The molecule has 14 heteroatoms. The Bertz CT molecular complexity index is 923. The van der Waals surface area contributed by atoms with Crippen LogP contribution in [-0.2, 0) is 24.7 Å². The first-order chi connectivity index (χ1) is 11.0. The SMILES string of the molecule is CC(C)(C)OC(=O)c1sc([N+](=O)[O-])c(S(=O)(=O)O)c1C(N)S(C)(=O)=O. The fourth-order valence-corrected chi connectivity index (χ4v) is 4.79. The fourth-order valence-electron chi connectivity index (χ4n) is 1.73.